The largest absolute Gasteiger partial charge is 0.360 e. The minimum absolute atomic E-state index is 0.184. The molecular formula is C15H22BrN3O. The lowest BCUT2D eigenvalue weighted by molar-refractivity contribution is -0.129. The Morgan fingerprint density at radius 1 is 1.35 bits per heavy atom. The second-order valence-corrected chi connectivity index (χ2v) is 6.10. The van der Waals surface area contributed by atoms with Gasteiger partial charge in [0.1, 0.15) is 0 Å². The number of carbonyl (C=O) groups excluding carboxylic acids is 1. The van der Waals surface area contributed by atoms with Gasteiger partial charge in [0.15, 0.2) is 0 Å². The molecule has 0 spiro atoms. The third-order valence-electron chi connectivity index (χ3n) is 3.59. The maximum atomic E-state index is 11.9. The first-order chi connectivity index (χ1) is 9.61. The van der Waals surface area contributed by atoms with Crippen molar-refractivity contribution in [3.8, 4) is 0 Å². The number of piperazine rings is 1. The minimum Gasteiger partial charge on any atom is -0.360 e. The number of halogens is 1. The third kappa shape index (κ3) is 3.73. The molecule has 1 amide bonds. The quantitative estimate of drug-likeness (QED) is 0.835. The lowest BCUT2D eigenvalue weighted by Gasteiger charge is -2.34. The number of hydrogen-bond donors (Lipinski definition) is 1. The van der Waals surface area contributed by atoms with Crippen LogP contribution in [0.15, 0.2) is 22.7 Å². The highest BCUT2D eigenvalue weighted by atomic mass is 79.9. The number of benzene rings is 1. The Labute approximate surface area is 129 Å². The van der Waals surface area contributed by atoms with Crippen LogP contribution in [-0.2, 0) is 11.3 Å². The number of carbonyl (C=O) groups is 1. The Morgan fingerprint density at radius 2 is 2.15 bits per heavy atom. The molecule has 2 rings (SSSR count). The van der Waals surface area contributed by atoms with Gasteiger partial charge in [0.25, 0.3) is 0 Å². The fraction of sp³-hybridized carbons (Fsp3) is 0.533. The average Bonchev–Trinajstić information content (AvgIpc) is 2.44. The molecule has 1 aliphatic heterocycles. The molecule has 1 saturated heterocycles. The smallest absolute Gasteiger partial charge is 0.241 e. The van der Waals surface area contributed by atoms with E-state index in [1.165, 1.54) is 5.56 Å². The molecule has 0 unspecified atom stereocenters. The predicted octanol–water partition coefficient (Wildman–Crippen LogP) is 2.23. The molecular weight excluding hydrogens is 318 g/mol. The van der Waals surface area contributed by atoms with Crippen LogP contribution in [0.25, 0.3) is 0 Å². The van der Waals surface area contributed by atoms with Crippen LogP contribution in [0.3, 0.4) is 0 Å². The second-order valence-electron chi connectivity index (χ2n) is 5.19. The zero-order valence-corrected chi connectivity index (χ0v) is 13.7. The fourth-order valence-corrected chi connectivity index (χ4v) is 2.69. The Kier molecular flexibility index (Phi) is 5.43. The molecule has 5 heteroatoms. The first-order valence-electron chi connectivity index (χ1n) is 7.10. The van der Waals surface area contributed by atoms with Crippen LogP contribution < -0.4 is 10.2 Å². The highest BCUT2D eigenvalue weighted by Gasteiger charge is 2.22. The van der Waals surface area contributed by atoms with E-state index in [4.69, 9.17) is 0 Å². The topological polar surface area (TPSA) is 35.6 Å². The summed E-state index contributed by atoms with van der Waals surface area (Å²) >= 11 is 3.53. The van der Waals surface area contributed by atoms with E-state index in [2.05, 4.69) is 51.3 Å². The Hall–Kier alpha value is -1.07. The molecule has 4 nitrogen and oxygen atoms in total. The van der Waals surface area contributed by atoms with Crippen LogP contribution >= 0.6 is 15.9 Å². The van der Waals surface area contributed by atoms with Gasteiger partial charge in [0.2, 0.25) is 5.91 Å². The number of nitrogens with one attached hydrogen (secondary N) is 1. The van der Waals surface area contributed by atoms with Crippen molar-refractivity contribution in [3.05, 3.63) is 28.2 Å². The average molecular weight is 340 g/mol. The number of amides is 1. The molecule has 0 aliphatic carbocycles. The number of anilines is 1. The molecule has 20 heavy (non-hydrogen) atoms. The van der Waals surface area contributed by atoms with Gasteiger partial charge in [-0.3, -0.25) is 4.79 Å². The molecule has 0 aromatic heterocycles. The van der Waals surface area contributed by atoms with Gasteiger partial charge >= 0.3 is 0 Å². The van der Waals surface area contributed by atoms with Gasteiger partial charge in [0, 0.05) is 36.8 Å². The van der Waals surface area contributed by atoms with Gasteiger partial charge in [-0.25, -0.2) is 0 Å². The Balaban J connectivity index is 2.16. The summed E-state index contributed by atoms with van der Waals surface area (Å²) in [7, 11) is 1.87. The summed E-state index contributed by atoms with van der Waals surface area (Å²) in [5.74, 6) is 0.184. The summed E-state index contributed by atoms with van der Waals surface area (Å²) in [5.41, 5.74) is 2.41. The third-order valence-corrected chi connectivity index (χ3v) is 4.08. The van der Waals surface area contributed by atoms with Crippen molar-refractivity contribution in [2.45, 2.75) is 19.9 Å². The zero-order valence-electron chi connectivity index (χ0n) is 12.2. The van der Waals surface area contributed by atoms with E-state index in [9.17, 15) is 4.79 Å². The summed E-state index contributed by atoms with van der Waals surface area (Å²) in [6, 6.07) is 6.30. The number of nitrogens with zero attached hydrogens (tertiary/aromatic N) is 2. The van der Waals surface area contributed by atoms with Crippen LogP contribution in [0.5, 0.6) is 0 Å². The number of hydrogen-bond acceptors (Lipinski definition) is 3. The van der Waals surface area contributed by atoms with Gasteiger partial charge in [-0.1, -0.05) is 28.9 Å². The van der Waals surface area contributed by atoms with Gasteiger partial charge in [-0.2, -0.15) is 0 Å². The monoisotopic (exact) mass is 339 g/mol. The summed E-state index contributed by atoms with van der Waals surface area (Å²) < 4.78 is 1.05. The van der Waals surface area contributed by atoms with Crippen LogP contribution in [0.2, 0.25) is 0 Å². The van der Waals surface area contributed by atoms with Crippen LogP contribution in [0, 0.1) is 0 Å². The molecule has 1 aliphatic rings. The van der Waals surface area contributed by atoms with Crippen molar-refractivity contribution >= 4 is 27.5 Å². The molecule has 0 radical (unpaired) electrons. The van der Waals surface area contributed by atoms with Crippen molar-refractivity contribution in [1.82, 2.24) is 10.2 Å². The molecule has 1 aromatic rings. The van der Waals surface area contributed by atoms with Crippen LogP contribution in [-0.4, -0.2) is 44.0 Å². The summed E-state index contributed by atoms with van der Waals surface area (Å²) in [6.07, 6.45) is 1.12. The SMILES string of the molecule is CCCNCc1ccc(Br)cc1N1CCN(C)C(=O)C1. The molecule has 0 bridgehead atoms. The van der Waals surface area contributed by atoms with Gasteiger partial charge < -0.3 is 15.1 Å². The van der Waals surface area contributed by atoms with Crippen molar-refractivity contribution in [1.29, 1.82) is 0 Å². The van der Waals surface area contributed by atoms with Gasteiger partial charge in [-0.05, 0) is 30.7 Å². The number of rotatable bonds is 5. The van der Waals surface area contributed by atoms with E-state index >= 15 is 0 Å². The van der Waals surface area contributed by atoms with Crippen molar-refractivity contribution < 1.29 is 4.79 Å². The van der Waals surface area contributed by atoms with Crippen molar-refractivity contribution in [2.75, 3.05) is 38.1 Å². The molecule has 0 atom stereocenters. The maximum Gasteiger partial charge on any atom is 0.241 e. The zero-order chi connectivity index (χ0) is 14.5. The van der Waals surface area contributed by atoms with Crippen LogP contribution in [0.1, 0.15) is 18.9 Å². The van der Waals surface area contributed by atoms with E-state index in [1.54, 1.807) is 4.90 Å². The minimum atomic E-state index is 0.184. The van der Waals surface area contributed by atoms with Crippen molar-refractivity contribution in [2.24, 2.45) is 0 Å². The predicted molar refractivity (Wildman–Crippen MR) is 86.0 cm³/mol. The molecule has 110 valence electrons. The van der Waals surface area contributed by atoms with E-state index in [0.29, 0.717) is 6.54 Å². The van der Waals surface area contributed by atoms with E-state index in [-0.39, 0.29) is 5.91 Å². The normalized spacial score (nSPS) is 15.8. The van der Waals surface area contributed by atoms with E-state index in [1.807, 2.05) is 7.05 Å². The first kappa shape index (κ1) is 15.3. The lowest BCUT2D eigenvalue weighted by Crippen LogP contribution is -2.48. The second kappa shape index (κ2) is 7.09. The standard InChI is InChI=1S/C15H22BrN3O/c1-3-6-17-10-12-4-5-13(16)9-14(12)19-8-7-18(2)15(20)11-19/h4-5,9,17H,3,6-8,10-11H2,1-2H3. The van der Waals surface area contributed by atoms with Crippen LogP contribution in [0.4, 0.5) is 5.69 Å². The highest BCUT2D eigenvalue weighted by Crippen LogP contribution is 2.26. The summed E-state index contributed by atoms with van der Waals surface area (Å²) in [4.78, 5) is 15.9. The van der Waals surface area contributed by atoms with Gasteiger partial charge in [-0.15, -0.1) is 0 Å². The van der Waals surface area contributed by atoms with E-state index in [0.717, 1.165) is 42.8 Å². The summed E-state index contributed by atoms with van der Waals surface area (Å²) in [6.45, 7) is 6.16. The maximum absolute atomic E-state index is 11.9. The van der Waals surface area contributed by atoms with Crippen molar-refractivity contribution in [3.63, 3.8) is 0 Å². The lowest BCUT2D eigenvalue weighted by atomic mass is 10.1. The fourth-order valence-electron chi connectivity index (χ4n) is 2.34. The summed E-state index contributed by atoms with van der Waals surface area (Å²) in [5, 5.41) is 3.43. The van der Waals surface area contributed by atoms with E-state index < -0.39 is 0 Å². The Morgan fingerprint density at radius 3 is 2.85 bits per heavy atom. The number of likely N-dealkylation sites (N-methyl/N-ethyl adjacent to an activating group) is 1. The van der Waals surface area contributed by atoms with Gasteiger partial charge in [0.05, 0.1) is 6.54 Å². The molecule has 1 aromatic carbocycles. The Bertz CT molecular complexity index is 478. The highest BCUT2D eigenvalue weighted by molar-refractivity contribution is 9.10. The molecule has 0 saturated carbocycles. The molecule has 1 heterocycles. The molecule has 1 N–H and O–H groups in total. The first-order valence-corrected chi connectivity index (χ1v) is 7.89. The molecule has 1 fully saturated rings.